The smallest absolute Gasteiger partial charge is 0.744 e. The van der Waals surface area contributed by atoms with Gasteiger partial charge in [0.05, 0.1) is 31.2 Å². The fourth-order valence-electron chi connectivity index (χ4n) is 2.53. The van der Waals surface area contributed by atoms with Gasteiger partial charge < -0.3 is 14.8 Å². The van der Waals surface area contributed by atoms with Crippen LogP contribution in [0.3, 0.4) is 0 Å². The molecule has 0 unspecified atom stereocenters. The summed E-state index contributed by atoms with van der Waals surface area (Å²) in [5.74, 6) is -0.0895. The number of nitrogen functional groups attached to an aromatic ring is 1. The number of hydrogen-bond acceptors (Lipinski definition) is 10. The zero-order chi connectivity index (χ0) is 23.1. The average molecular weight is 544 g/mol. The number of benzene rings is 2. The van der Waals surface area contributed by atoms with Crippen molar-refractivity contribution in [3.05, 3.63) is 52.1 Å². The van der Waals surface area contributed by atoms with Crippen LogP contribution in [0.4, 0.5) is 17.2 Å². The van der Waals surface area contributed by atoms with Gasteiger partial charge in [0, 0.05) is 0 Å². The first-order valence-electron chi connectivity index (χ1n) is 8.07. The third-order valence-corrected chi connectivity index (χ3v) is 6.36. The van der Waals surface area contributed by atoms with E-state index in [1.165, 1.54) is 19.1 Å². The Bertz CT molecular complexity index is 1440. The Morgan fingerprint density at radius 2 is 1.62 bits per heavy atom. The molecule has 1 aromatic heterocycles. The summed E-state index contributed by atoms with van der Waals surface area (Å²) >= 11 is 11.6. The van der Waals surface area contributed by atoms with E-state index in [4.69, 9.17) is 28.9 Å². The molecule has 164 valence electrons. The Hall–Kier alpha value is -1.29. The van der Waals surface area contributed by atoms with E-state index in [9.17, 15) is 25.9 Å². The van der Waals surface area contributed by atoms with E-state index in [1.54, 1.807) is 0 Å². The number of halogens is 2. The number of rotatable bonds is 5. The Kier molecular flexibility index (Phi) is 8.35. The molecule has 0 radical (unpaired) electrons. The molecule has 2 N–H and O–H groups in total. The van der Waals surface area contributed by atoms with Gasteiger partial charge >= 0.3 is 37.7 Å². The molecule has 3 rings (SSSR count). The molecule has 0 fully saturated rings. The number of nitrogens with two attached hydrogens (primary N) is 1. The molecule has 0 aliphatic heterocycles. The fourth-order valence-corrected chi connectivity index (χ4v) is 4.04. The predicted molar refractivity (Wildman–Crippen MR) is 115 cm³/mol. The number of azo groups is 1. The van der Waals surface area contributed by atoms with E-state index in [0.717, 1.165) is 28.9 Å². The molecule has 0 amide bonds. The van der Waals surface area contributed by atoms with Gasteiger partial charge in [0.2, 0.25) is 0 Å². The molecule has 32 heavy (non-hydrogen) atoms. The van der Waals surface area contributed by atoms with Crippen LogP contribution >= 0.6 is 23.2 Å². The standard InChI is InChI=1S/C16H13Cl2N5O6S2.Ca/c1-8-15(21-20-13-6-11(17)12(18)7-14(13)31(27,28)29)16(19)23(22-8)9-3-2-4-10(5-9)30(24,25)26;/h2-7H,19H2,1H3,(H,24,25,26)(H,27,28,29);/q;+2/p-2. The minimum Gasteiger partial charge on any atom is -0.744 e. The molecular formula is C16H11CaCl2N5O6S2. The van der Waals surface area contributed by atoms with Crippen LogP contribution in [-0.2, 0) is 20.2 Å². The second-order valence-electron chi connectivity index (χ2n) is 6.07. The molecule has 0 bridgehead atoms. The van der Waals surface area contributed by atoms with E-state index in [-0.39, 0.29) is 76.4 Å². The van der Waals surface area contributed by atoms with Crippen molar-refractivity contribution in [1.82, 2.24) is 9.78 Å². The van der Waals surface area contributed by atoms with Crippen molar-refractivity contribution in [1.29, 1.82) is 0 Å². The topological polar surface area (TPSA) is 183 Å². The Labute approximate surface area is 222 Å². The van der Waals surface area contributed by atoms with Gasteiger partial charge in [-0.3, -0.25) is 0 Å². The predicted octanol–water partition coefficient (Wildman–Crippen LogP) is 2.91. The second-order valence-corrected chi connectivity index (χ2v) is 9.61. The summed E-state index contributed by atoms with van der Waals surface area (Å²) < 4.78 is 69.4. The molecule has 2 aromatic carbocycles. The summed E-state index contributed by atoms with van der Waals surface area (Å²) in [6.45, 7) is 1.51. The van der Waals surface area contributed by atoms with Crippen molar-refractivity contribution in [3.8, 4) is 5.69 Å². The van der Waals surface area contributed by atoms with Crippen molar-refractivity contribution in [3.63, 3.8) is 0 Å². The van der Waals surface area contributed by atoms with Crippen molar-refractivity contribution in [2.45, 2.75) is 16.7 Å². The maximum absolute atomic E-state index is 11.5. The van der Waals surface area contributed by atoms with Gasteiger partial charge in [-0.2, -0.15) is 5.10 Å². The van der Waals surface area contributed by atoms with Gasteiger partial charge in [-0.05, 0) is 37.3 Å². The van der Waals surface area contributed by atoms with E-state index in [2.05, 4.69) is 15.3 Å². The quantitative estimate of drug-likeness (QED) is 0.289. The third-order valence-electron chi connectivity index (χ3n) is 3.94. The molecule has 0 aliphatic rings. The molecule has 1 heterocycles. The van der Waals surface area contributed by atoms with Crippen LogP contribution in [0.5, 0.6) is 0 Å². The second kappa shape index (κ2) is 9.91. The molecule has 11 nitrogen and oxygen atoms in total. The van der Waals surface area contributed by atoms with E-state index < -0.39 is 30.0 Å². The Balaban J connectivity index is 0.00000363. The van der Waals surface area contributed by atoms with Gasteiger partial charge in [-0.25, -0.2) is 21.5 Å². The average Bonchev–Trinajstić information content (AvgIpc) is 2.95. The molecule has 16 heteroatoms. The zero-order valence-corrected chi connectivity index (χ0v) is 21.4. The van der Waals surface area contributed by atoms with E-state index in [1.807, 2.05) is 0 Å². The zero-order valence-electron chi connectivity index (χ0n) is 16.1. The SMILES string of the molecule is Cc1nn(-c2cccc(S(=O)(=O)[O-])c2)c(N)c1N=Nc1cc(Cl)c(Cl)cc1S(=O)(=O)[O-].[Ca+2]. The van der Waals surface area contributed by atoms with Gasteiger partial charge in [0.1, 0.15) is 25.9 Å². The van der Waals surface area contributed by atoms with E-state index >= 15 is 0 Å². The first-order valence-corrected chi connectivity index (χ1v) is 11.6. The molecule has 0 atom stereocenters. The monoisotopic (exact) mass is 543 g/mol. The van der Waals surface area contributed by atoms with Crippen LogP contribution in [0, 0.1) is 6.92 Å². The van der Waals surface area contributed by atoms with E-state index in [0.29, 0.717) is 0 Å². The van der Waals surface area contributed by atoms with Crippen molar-refractivity contribution in [2.75, 3.05) is 5.73 Å². The Morgan fingerprint density at radius 1 is 1.00 bits per heavy atom. The molecule has 0 saturated carbocycles. The largest absolute Gasteiger partial charge is 2.00 e. The molecule has 0 aliphatic carbocycles. The van der Waals surface area contributed by atoms with Crippen LogP contribution < -0.4 is 5.73 Å². The number of nitrogens with zero attached hydrogens (tertiary/aromatic N) is 4. The fraction of sp³-hybridized carbons (Fsp3) is 0.0625. The third kappa shape index (κ3) is 5.79. The van der Waals surface area contributed by atoms with Crippen LogP contribution in [0.25, 0.3) is 5.69 Å². The number of aromatic nitrogens is 2. The maximum atomic E-state index is 11.5. The number of aryl methyl sites for hydroxylation is 1. The summed E-state index contributed by atoms with van der Waals surface area (Å²) in [5.41, 5.74) is 6.08. The van der Waals surface area contributed by atoms with Crippen LogP contribution in [0.1, 0.15) is 5.69 Å². The summed E-state index contributed by atoms with van der Waals surface area (Å²) in [5, 5.41) is 11.5. The van der Waals surface area contributed by atoms with Gasteiger partial charge in [-0.1, -0.05) is 29.3 Å². The summed E-state index contributed by atoms with van der Waals surface area (Å²) in [7, 11) is -9.65. The summed E-state index contributed by atoms with van der Waals surface area (Å²) in [6.07, 6.45) is 0. The molecule has 0 saturated heterocycles. The minimum absolute atomic E-state index is 0. The number of hydrogen-bond donors (Lipinski definition) is 1. The first-order chi connectivity index (χ1) is 14.3. The van der Waals surface area contributed by atoms with Gasteiger partial charge in [0.15, 0.2) is 11.5 Å². The van der Waals surface area contributed by atoms with Gasteiger partial charge in [-0.15, -0.1) is 10.2 Å². The van der Waals surface area contributed by atoms with Crippen LogP contribution in [0.15, 0.2) is 56.4 Å². The minimum atomic E-state index is -4.94. The summed E-state index contributed by atoms with van der Waals surface area (Å²) in [4.78, 5) is -1.22. The normalized spacial score (nSPS) is 12.2. The molecule has 0 spiro atoms. The van der Waals surface area contributed by atoms with Crippen molar-refractivity contribution < 1.29 is 25.9 Å². The van der Waals surface area contributed by atoms with Crippen LogP contribution in [-0.4, -0.2) is 73.5 Å². The summed E-state index contributed by atoms with van der Waals surface area (Å²) in [6, 6.07) is 6.89. The maximum Gasteiger partial charge on any atom is 2.00 e. The Morgan fingerprint density at radius 3 is 2.22 bits per heavy atom. The van der Waals surface area contributed by atoms with Crippen molar-refractivity contribution in [2.24, 2.45) is 10.2 Å². The molecule has 3 aromatic rings. The van der Waals surface area contributed by atoms with Crippen molar-refractivity contribution >= 4 is 98.4 Å². The van der Waals surface area contributed by atoms with Crippen LogP contribution in [0.2, 0.25) is 10.0 Å². The molecular weight excluding hydrogens is 533 g/mol. The number of anilines is 1. The first kappa shape index (κ1) is 27.0. The van der Waals surface area contributed by atoms with Gasteiger partial charge in [0.25, 0.3) is 0 Å².